The minimum absolute atomic E-state index is 0.583. The Kier molecular flexibility index (Phi) is 3.16. The van der Waals surface area contributed by atoms with Gasteiger partial charge in [-0.3, -0.25) is 0 Å². The van der Waals surface area contributed by atoms with Gasteiger partial charge in [-0.05, 0) is 50.1 Å². The first-order chi connectivity index (χ1) is 5.53. The van der Waals surface area contributed by atoms with E-state index in [4.69, 9.17) is 0 Å². The van der Waals surface area contributed by atoms with Crippen molar-refractivity contribution < 1.29 is 0 Å². The molecule has 0 aromatic heterocycles. The molecule has 1 heteroatoms. The predicted molar refractivity (Wildman–Crippen MR) is 54.2 cm³/mol. The number of hydrogen-bond acceptors (Lipinski definition) is 1. The quantitative estimate of drug-likeness (QED) is 0.670. The van der Waals surface area contributed by atoms with Crippen molar-refractivity contribution >= 4 is 0 Å². The molecule has 1 rings (SSSR count). The van der Waals surface area contributed by atoms with E-state index in [-0.39, 0.29) is 0 Å². The maximum absolute atomic E-state index is 3.30. The second kappa shape index (κ2) is 3.78. The Morgan fingerprint density at radius 2 is 2.00 bits per heavy atom. The monoisotopic (exact) mass is 169 g/mol. The molecule has 0 aliphatic heterocycles. The second-order valence-electron chi connectivity index (χ2n) is 5.34. The zero-order valence-corrected chi connectivity index (χ0v) is 8.98. The lowest BCUT2D eigenvalue weighted by atomic mass is 9.68. The Labute approximate surface area is 76.9 Å². The minimum atomic E-state index is 0.583. The van der Waals surface area contributed by atoms with Crippen LogP contribution in [-0.4, -0.2) is 13.6 Å². The van der Waals surface area contributed by atoms with E-state index in [0.717, 1.165) is 11.8 Å². The Balaban J connectivity index is 2.46. The molecular formula is C11H23N. The first-order valence-electron chi connectivity index (χ1n) is 5.18. The molecule has 2 atom stereocenters. The molecular weight excluding hydrogens is 146 g/mol. The van der Waals surface area contributed by atoms with Gasteiger partial charge in [0.25, 0.3) is 0 Å². The largest absolute Gasteiger partial charge is 0.319 e. The van der Waals surface area contributed by atoms with Gasteiger partial charge in [0.05, 0.1) is 0 Å². The summed E-state index contributed by atoms with van der Waals surface area (Å²) in [5.41, 5.74) is 0.583. The van der Waals surface area contributed by atoms with Crippen LogP contribution >= 0.6 is 0 Å². The van der Waals surface area contributed by atoms with Gasteiger partial charge in [-0.25, -0.2) is 0 Å². The first-order valence-corrected chi connectivity index (χ1v) is 5.18. The van der Waals surface area contributed by atoms with Gasteiger partial charge in [-0.1, -0.05) is 20.8 Å². The average Bonchev–Trinajstić information content (AvgIpc) is 1.82. The van der Waals surface area contributed by atoms with Gasteiger partial charge in [0, 0.05) is 0 Å². The maximum atomic E-state index is 3.30. The van der Waals surface area contributed by atoms with E-state index in [1.807, 2.05) is 0 Å². The summed E-state index contributed by atoms with van der Waals surface area (Å²) in [5, 5.41) is 3.30. The Morgan fingerprint density at radius 1 is 1.33 bits per heavy atom. The number of hydrogen-bond donors (Lipinski definition) is 1. The van der Waals surface area contributed by atoms with E-state index in [2.05, 4.69) is 33.1 Å². The Bertz CT molecular complexity index is 140. The fourth-order valence-corrected chi connectivity index (χ4v) is 2.99. The molecule has 1 saturated carbocycles. The highest BCUT2D eigenvalue weighted by atomic mass is 14.8. The lowest BCUT2D eigenvalue weighted by Gasteiger charge is -2.39. The minimum Gasteiger partial charge on any atom is -0.319 e. The van der Waals surface area contributed by atoms with E-state index in [9.17, 15) is 0 Å². The Hall–Kier alpha value is -0.0400. The molecule has 72 valence electrons. The van der Waals surface area contributed by atoms with E-state index in [0.29, 0.717) is 5.41 Å². The molecule has 1 N–H and O–H groups in total. The molecule has 2 unspecified atom stereocenters. The van der Waals surface area contributed by atoms with Gasteiger partial charge in [0.2, 0.25) is 0 Å². The molecule has 0 radical (unpaired) electrons. The van der Waals surface area contributed by atoms with Crippen molar-refractivity contribution in [2.45, 2.75) is 40.0 Å². The van der Waals surface area contributed by atoms with Gasteiger partial charge in [-0.2, -0.15) is 0 Å². The molecule has 0 saturated heterocycles. The van der Waals surface area contributed by atoms with Gasteiger partial charge < -0.3 is 5.32 Å². The van der Waals surface area contributed by atoms with Crippen LogP contribution in [0.4, 0.5) is 0 Å². The summed E-state index contributed by atoms with van der Waals surface area (Å²) in [6, 6.07) is 0. The van der Waals surface area contributed by atoms with Gasteiger partial charge >= 0.3 is 0 Å². The third kappa shape index (κ3) is 2.78. The van der Waals surface area contributed by atoms with Crippen LogP contribution in [0.25, 0.3) is 0 Å². The molecule has 0 heterocycles. The summed E-state index contributed by atoms with van der Waals surface area (Å²) in [4.78, 5) is 0. The SMILES string of the molecule is CNCC1CC(C)CC(C)(C)C1. The summed E-state index contributed by atoms with van der Waals surface area (Å²) in [7, 11) is 2.06. The summed E-state index contributed by atoms with van der Waals surface area (Å²) in [6.45, 7) is 8.41. The standard InChI is InChI=1S/C11H23N/c1-9-5-10(8-12-4)7-11(2,3)6-9/h9-10,12H,5-8H2,1-4H3. The van der Waals surface area contributed by atoms with Gasteiger partial charge in [0.1, 0.15) is 0 Å². The summed E-state index contributed by atoms with van der Waals surface area (Å²) in [6.07, 6.45) is 4.23. The van der Waals surface area contributed by atoms with Crippen molar-refractivity contribution in [3.63, 3.8) is 0 Å². The maximum Gasteiger partial charge on any atom is -0.00232 e. The molecule has 0 bridgehead atoms. The Morgan fingerprint density at radius 3 is 2.50 bits per heavy atom. The smallest absolute Gasteiger partial charge is 0.00232 e. The molecule has 0 spiro atoms. The third-order valence-electron chi connectivity index (χ3n) is 2.97. The normalized spacial score (nSPS) is 35.0. The third-order valence-corrected chi connectivity index (χ3v) is 2.97. The van der Waals surface area contributed by atoms with Crippen molar-refractivity contribution in [1.82, 2.24) is 5.32 Å². The zero-order valence-electron chi connectivity index (χ0n) is 8.98. The number of rotatable bonds is 2. The van der Waals surface area contributed by atoms with Crippen LogP contribution < -0.4 is 5.32 Å². The molecule has 1 aliphatic rings. The fourth-order valence-electron chi connectivity index (χ4n) is 2.99. The second-order valence-corrected chi connectivity index (χ2v) is 5.34. The highest BCUT2D eigenvalue weighted by molar-refractivity contribution is 4.83. The predicted octanol–water partition coefficient (Wildman–Crippen LogP) is 2.67. The average molecular weight is 169 g/mol. The molecule has 1 nitrogen and oxygen atoms in total. The van der Waals surface area contributed by atoms with E-state index < -0.39 is 0 Å². The van der Waals surface area contributed by atoms with Crippen LogP contribution in [0.5, 0.6) is 0 Å². The van der Waals surface area contributed by atoms with Crippen LogP contribution in [0, 0.1) is 17.3 Å². The van der Waals surface area contributed by atoms with Crippen molar-refractivity contribution in [3.8, 4) is 0 Å². The molecule has 0 aromatic carbocycles. The van der Waals surface area contributed by atoms with Crippen molar-refractivity contribution in [2.75, 3.05) is 13.6 Å². The molecule has 1 aliphatic carbocycles. The van der Waals surface area contributed by atoms with Crippen LogP contribution in [0.2, 0.25) is 0 Å². The van der Waals surface area contributed by atoms with E-state index in [1.54, 1.807) is 0 Å². The molecule has 12 heavy (non-hydrogen) atoms. The van der Waals surface area contributed by atoms with Crippen molar-refractivity contribution in [2.24, 2.45) is 17.3 Å². The highest BCUT2D eigenvalue weighted by Gasteiger charge is 2.31. The topological polar surface area (TPSA) is 12.0 Å². The van der Waals surface area contributed by atoms with Crippen molar-refractivity contribution in [1.29, 1.82) is 0 Å². The highest BCUT2D eigenvalue weighted by Crippen LogP contribution is 2.41. The zero-order chi connectivity index (χ0) is 9.19. The molecule has 1 fully saturated rings. The van der Waals surface area contributed by atoms with Crippen LogP contribution in [-0.2, 0) is 0 Å². The van der Waals surface area contributed by atoms with Gasteiger partial charge in [-0.15, -0.1) is 0 Å². The fraction of sp³-hybridized carbons (Fsp3) is 1.00. The first kappa shape index (κ1) is 10.0. The lowest BCUT2D eigenvalue weighted by Crippen LogP contribution is -2.32. The van der Waals surface area contributed by atoms with Gasteiger partial charge in [0.15, 0.2) is 0 Å². The summed E-state index contributed by atoms with van der Waals surface area (Å²) in [5.74, 6) is 1.83. The van der Waals surface area contributed by atoms with Crippen LogP contribution in [0.3, 0.4) is 0 Å². The molecule has 0 amide bonds. The lowest BCUT2D eigenvalue weighted by molar-refractivity contribution is 0.133. The summed E-state index contributed by atoms with van der Waals surface area (Å²) >= 11 is 0. The van der Waals surface area contributed by atoms with E-state index >= 15 is 0 Å². The summed E-state index contributed by atoms with van der Waals surface area (Å²) < 4.78 is 0. The van der Waals surface area contributed by atoms with E-state index in [1.165, 1.54) is 25.8 Å². The number of nitrogens with one attached hydrogen (secondary N) is 1. The molecule has 0 aromatic rings. The van der Waals surface area contributed by atoms with Crippen molar-refractivity contribution in [3.05, 3.63) is 0 Å². The van der Waals surface area contributed by atoms with Crippen LogP contribution in [0.15, 0.2) is 0 Å². The van der Waals surface area contributed by atoms with Crippen LogP contribution in [0.1, 0.15) is 40.0 Å².